The zero-order valence-electron chi connectivity index (χ0n) is 17.9. The van der Waals surface area contributed by atoms with E-state index in [9.17, 15) is 9.59 Å². The van der Waals surface area contributed by atoms with Gasteiger partial charge >= 0.3 is 0 Å². The molecular weight excluding hydrogens is 414 g/mol. The van der Waals surface area contributed by atoms with Crippen LogP contribution < -0.4 is 15.9 Å². The van der Waals surface area contributed by atoms with Gasteiger partial charge in [-0.1, -0.05) is 66.7 Å². The second-order valence-corrected chi connectivity index (χ2v) is 7.90. The summed E-state index contributed by atoms with van der Waals surface area (Å²) in [7, 11) is 0. The second-order valence-electron chi connectivity index (χ2n) is 7.90. The third-order valence-electron chi connectivity index (χ3n) is 5.72. The van der Waals surface area contributed by atoms with Crippen LogP contribution in [0.3, 0.4) is 0 Å². The van der Waals surface area contributed by atoms with Crippen molar-refractivity contribution in [3.05, 3.63) is 102 Å². The summed E-state index contributed by atoms with van der Waals surface area (Å²) in [6.07, 6.45) is 2.40. The molecule has 2 amide bonds. The van der Waals surface area contributed by atoms with Gasteiger partial charge in [0.1, 0.15) is 5.71 Å². The monoisotopic (exact) mass is 437 g/mol. The number of hydrogen-bond donors (Lipinski definition) is 3. The number of H-pyrrole nitrogens is 1. The molecule has 1 aliphatic heterocycles. The molecule has 0 saturated carbocycles. The number of nitrogens with zero attached hydrogens (tertiary/aromatic N) is 2. The van der Waals surface area contributed by atoms with E-state index in [1.165, 1.54) is 0 Å². The Morgan fingerprint density at radius 2 is 1.61 bits per heavy atom. The summed E-state index contributed by atoms with van der Waals surface area (Å²) in [5.74, 6) is -0.715. The van der Waals surface area contributed by atoms with E-state index in [0.717, 1.165) is 27.7 Å². The van der Waals surface area contributed by atoms with Crippen molar-refractivity contribution in [2.45, 2.75) is 18.9 Å². The molecule has 0 spiro atoms. The zero-order chi connectivity index (χ0) is 22.6. The molecule has 5 rings (SSSR count). The lowest BCUT2D eigenvalue weighted by molar-refractivity contribution is -0.125. The Labute approximate surface area is 191 Å². The molecule has 7 heteroatoms. The van der Waals surface area contributed by atoms with Gasteiger partial charge < -0.3 is 4.98 Å². The van der Waals surface area contributed by atoms with Crippen molar-refractivity contribution in [1.29, 1.82) is 0 Å². The normalized spacial score (nSPS) is 15.3. The number of amides is 2. The van der Waals surface area contributed by atoms with Crippen molar-refractivity contribution in [2.75, 3.05) is 5.01 Å². The zero-order valence-corrected chi connectivity index (χ0v) is 17.9. The fraction of sp³-hybridized carbons (Fsp3) is 0.115. The van der Waals surface area contributed by atoms with Gasteiger partial charge in [-0.15, -0.1) is 0 Å². The number of fused-ring (bicyclic) bond motifs is 1. The number of hydrogen-bond acceptors (Lipinski definition) is 4. The van der Waals surface area contributed by atoms with E-state index in [1.807, 2.05) is 96.1 Å². The van der Waals surface area contributed by atoms with Crippen LogP contribution in [0.2, 0.25) is 0 Å². The van der Waals surface area contributed by atoms with Crippen molar-refractivity contribution in [3.63, 3.8) is 0 Å². The average molecular weight is 438 g/mol. The Balaban J connectivity index is 1.27. The Morgan fingerprint density at radius 3 is 2.39 bits per heavy atom. The number of hydrazone groups is 1. The summed E-state index contributed by atoms with van der Waals surface area (Å²) in [6, 6.07) is 27.4. The fourth-order valence-electron chi connectivity index (χ4n) is 4.09. The Morgan fingerprint density at radius 1 is 0.909 bits per heavy atom. The summed E-state index contributed by atoms with van der Waals surface area (Å²) in [4.78, 5) is 28.4. The van der Waals surface area contributed by atoms with Crippen LogP contribution in [0.25, 0.3) is 10.9 Å². The van der Waals surface area contributed by atoms with E-state index in [-0.39, 0.29) is 18.4 Å². The van der Waals surface area contributed by atoms with E-state index in [2.05, 4.69) is 20.9 Å². The minimum Gasteiger partial charge on any atom is -0.361 e. The maximum absolute atomic E-state index is 12.8. The standard InChI is InChI=1S/C26H23N5O2/c32-25(15-19-17-27-22-14-8-7-13-21(19)22)28-29-26(33)23-16-24(18-9-3-1-4-10-18)31(30-23)20-11-5-2-6-12-20/h1-14,17,24,27H,15-16H2,(H,28,32)(H,29,33). The highest BCUT2D eigenvalue weighted by Gasteiger charge is 2.32. The molecule has 0 bridgehead atoms. The van der Waals surface area contributed by atoms with Crippen LogP contribution in [0.1, 0.15) is 23.6 Å². The molecule has 4 aromatic rings. The van der Waals surface area contributed by atoms with Crippen LogP contribution in [0.5, 0.6) is 0 Å². The van der Waals surface area contributed by atoms with Gasteiger partial charge in [-0.25, -0.2) is 0 Å². The van der Waals surface area contributed by atoms with Crippen LogP contribution in [-0.2, 0) is 16.0 Å². The molecule has 1 unspecified atom stereocenters. The van der Waals surface area contributed by atoms with E-state index in [1.54, 1.807) is 0 Å². The number of carbonyl (C=O) groups excluding carboxylic acids is 2. The Hall–Kier alpha value is -4.39. The smallest absolute Gasteiger partial charge is 0.285 e. The molecule has 164 valence electrons. The molecule has 2 heterocycles. The first-order valence-electron chi connectivity index (χ1n) is 10.8. The molecule has 33 heavy (non-hydrogen) atoms. The molecule has 1 aromatic heterocycles. The van der Waals surface area contributed by atoms with Crippen LogP contribution in [0.15, 0.2) is 96.2 Å². The largest absolute Gasteiger partial charge is 0.361 e. The maximum Gasteiger partial charge on any atom is 0.285 e. The average Bonchev–Trinajstić information content (AvgIpc) is 3.49. The molecule has 7 nitrogen and oxygen atoms in total. The van der Waals surface area contributed by atoms with Gasteiger partial charge in [0, 0.05) is 23.5 Å². The Bertz CT molecular complexity index is 1310. The number of rotatable bonds is 5. The molecule has 0 radical (unpaired) electrons. The van der Waals surface area contributed by atoms with E-state index >= 15 is 0 Å². The van der Waals surface area contributed by atoms with Crippen LogP contribution in [0.4, 0.5) is 5.69 Å². The number of hydrazine groups is 1. The van der Waals surface area contributed by atoms with Crippen molar-refractivity contribution >= 4 is 34.1 Å². The van der Waals surface area contributed by atoms with Crippen LogP contribution >= 0.6 is 0 Å². The molecule has 3 aromatic carbocycles. The SMILES string of the molecule is O=C(Cc1c[nH]c2ccccc12)NNC(=O)C1=NN(c2ccccc2)C(c2ccccc2)C1. The van der Waals surface area contributed by atoms with Gasteiger partial charge in [0.2, 0.25) is 5.91 Å². The number of aromatic amines is 1. The quantitative estimate of drug-likeness (QED) is 0.414. The highest BCUT2D eigenvalue weighted by Crippen LogP contribution is 2.34. The molecular formula is C26H23N5O2. The topological polar surface area (TPSA) is 89.6 Å². The minimum atomic E-state index is -0.415. The van der Waals surface area contributed by atoms with Crippen molar-refractivity contribution in [2.24, 2.45) is 5.10 Å². The number of anilines is 1. The van der Waals surface area contributed by atoms with Crippen LogP contribution in [0, 0.1) is 0 Å². The van der Waals surface area contributed by atoms with Crippen molar-refractivity contribution in [1.82, 2.24) is 15.8 Å². The predicted octanol–water partition coefficient (Wildman–Crippen LogP) is 3.87. The third-order valence-corrected chi connectivity index (χ3v) is 5.72. The molecule has 0 aliphatic carbocycles. The summed E-state index contributed by atoms with van der Waals surface area (Å²) < 4.78 is 0. The molecule has 1 atom stereocenters. The minimum absolute atomic E-state index is 0.101. The first-order chi connectivity index (χ1) is 16.2. The summed E-state index contributed by atoms with van der Waals surface area (Å²) in [5, 5.41) is 7.44. The van der Waals surface area contributed by atoms with Gasteiger partial charge in [-0.05, 0) is 29.3 Å². The second kappa shape index (κ2) is 9.00. The lowest BCUT2D eigenvalue weighted by Gasteiger charge is -2.23. The molecule has 1 aliphatic rings. The number of nitrogens with one attached hydrogen (secondary N) is 3. The molecule has 0 fully saturated rings. The highest BCUT2D eigenvalue weighted by atomic mass is 16.2. The van der Waals surface area contributed by atoms with E-state index in [0.29, 0.717) is 12.1 Å². The van der Waals surface area contributed by atoms with Crippen molar-refractivity contribution < 1.29 is 9.59 Å². The Kier molecular flexibility index (Phi) is 5.59. The number of para-hydroxylation sites is 2. The summed E-state index contributed by atoms with van der Waals surface area (Å²) in [6.45, 7) is 0. The van der Waals surface area contributed by atoms with Crippen molar-refractivity contribution in [3.8, 4) is 0 Å². The number of benzene rings is 3. The highest BCUT2D eigenvalue weighted by molar-refractivity contribution is 6.39. The van der Waals surface area contributed by atoms with Gasteiger partial charge in [-0.3, -0.25) is 25.4 Å². The third kappa shape index (κ3) is 4.34. The van der Waals surface area contributed by atoms with Gasteiger partial charge in [-0.2, -0.15) is 5.10 Å². The lowest BCUT2D eigenvalue weighted by Crippen LogP contribution is -2.45. The lowest BCUT2D eigenvalue weighted by atomic mass is 10.0. The number of carbonyl (C=O) groups is 2. The summed E-state index contributed by atoms with van der Waals surface area (Å²) >= 11 is 0. The fourth-order valence-corrected chi connectivity index (χ4v) is 4.09. The first kappa shape index (κ1) is 20.5. The van der Waals surface area contributed by atoms with Crippen LogP contribution in [-0.4, -0.2) is 22.5 Å². The van der Waals surface area contributed by atoms with Gasteiger partial charge in [0.05, 0.1) is 18.2 Å². The van der Waals surface area contributed by atoms with E-state index in [4.69, 9.17) is 0 Å². The summed E-state index contributed by atoms with van der Waals surface area (Å²) in [5.41, 5.74) is 9.21. The first-order valence-corrected chi connectivity index (χ1v) is 10.8. The van der Waals surface area contributed by atoms with Gasteiger partial charge in [0.25, 0.3) is 5.91 Å². The van der Waals surface area contributed by atoms with Gasteiger partial charge in [0.15, 0.2) is 0 Å². The maximum atomic E-state index is 12.8. The molecule has 3 N–H and O–H groups in total. The number of aromatic nitrogens is 1. The molecule has 0 saturated heterocycles. The predicted molar refractivity (Wildman–Crippen MR) is 128 cm³/mol. The van der Waals surface area contributed by atoms with E-state index < -0.39 is 5.91 Å².